The molecule has 28 heavy (non-hydrogen) atoms. The molecule has 0 bridgehead atoms. The second-order valence-electron chi connectivity index (χ2n) is 8.32. The Hall–Kier alpha value is -2.37. The van der Waals surface area contributed by atoms with Crippen molar-refractivity contribution in [2.24, 2.45) is 0 Å². The molecule has 0 saturated carbocycles. The van der Waals surface area contributed by atoms with E-state index in [4.69, 9.17) is 9.90 Å². The Balaban J connectivity index is 0.000000706. The number of hydrogen-bond donors (Lipinski definition) is 2. The molecule has 2 heterocycles. The maximum absolute atomic E-state index is 9.93. The summed E-state index contributed by atoms with van der Waals surface area (Å²) in [6.45, 7) is 10.9. The van der Waals surface area contributed by atoms with Gasteiger partial charge in [-0.15, -0.1) is 0 Å². The van der Waals surface area contributed by atoms with Crippen LogP contribution in [0, 0.1) is 13.8 Å². The van der Waals surface area contributed by atoms with Crippen molar-refractivity contribution < 1.29 is 15.0 Å². The van der Waals surface area contributed by atoms with Gasteiger partial charge in [-0.2, -0.15) is 0 Å². The maximum atomic E-state index is 9.93. The standard InChI is InChI=1S/C22H28N2O.CH2O2/c1-16-9-18(19-11-24(12-19)20-7-5-4-6-8-20)10-17(2)21(16)13-23-14-22(3,25)15-23;2-1-3/h4-10,19,25H,11-15H2,1-3H3;1H,(H,2,3). The van der Waals surface area contributed by atoms with Gasteiger partial charge in [0, 0.05) is 44.3 Å². The van der Waals surface area contributed by atoms with E-state index in [-0.39, 0.29) is 6.47 Å². The molecule has 0 unspecified atom stereocenters. The first-order chi connectivity index (χ1) is 13.3. The summed E-state index contributed by atoms with van der Waals surface area (Å²) in [5, 5.41) is 16.8. The Morgan fingerprint density at radius 3 is 2.14 bits per heavy atom. The quantitative estimate of drug-likeness (QED) is 0.795. The summed E-state index contributed by atoms with van der Waals surface area (Å²) >= 11 is 0. The molecule has 0 spiro atoms. The lowest BCUT2D eigenvalue weighted by molar-refractivity contribution is -0.122. The Bertz CT molecular complexity index is 783. The molecule has 5 heteroatoms. The van der Waals surface area contributed by atoms with Crippen LogP contribution < -0.4 is 4.90 Å². The third-order valence-corrected chi connectivity index (χ3v) is 5.70. The molecule has 5 nitrogen and oxygen atoms in total. The highest BCUT2D eigenvalue weighted by atomic mass is 16.3. The summed E-state index contributed by atoms with van der Waals surface area (Å²) in [6.07, 6.45) is 0. The number of anilines is 1. The smallest absolute Gasteiger partial charge is 0.290 e. The lowest BCUT2D eigenvalue weighted by Crippen LogP contribution is -2.59. The highest BCUT2D eigenvalue weighted by Crippen LogP contribution is 2.34. The SMILES string of the molecule is Cc1cc(C2CN(c3ccccc3)C2)cc(C)c1CN1CC(C)(O)C1.O=CO. The molecular weight excluding hydrogens is 352 g/mol. The molecule has 2 aromatic rings. The molecule has 4 rings (SSSR count). The Labute approximate surface area is 167 Å². The average Bonchev–Trinajstić information content (AvgIpc) is 2.57. The first-order valence-corrected chi connectivity index (χ1v) is 9.75. The second kappa shape index (κ2) is 8.33. The van der Waals surface area contributed by atoms with Crippen LogP contribution in [0.4, 0.5) is 5.69 Å². The molecule has 2 N–H and O–H groups in total. The van der Waals surface area contributed by atoms with Gasteiger partial charge in [0.2, 0.25) is 0 Å². The molecule has 0 aliphatic carbocycles. The molecule has 0 atom stereocenters. The van der Waals surface area contributed by atoms with Crippen molar-refractivity contribution in [1.29, 1.82) is 0 Å². The topological polar surface area (TPSA) is 64.0 Å². The molecule has 2 aromatic carbocycles. The summed E-state index contributed by atoms with van der Waals surface area (Å²) in [7, 11) is 0. The number of hydrogen-bond acceptors (Lipinski definition) is 4. The maximum Gasteiger partial charge on any atom is 0.290 e. The van der Waals surface area contributed by atoms with Crippen molar-refractivity contribution in [3.8, 4) is 0 Å². The van der Waals surface area contributed by atoms with Crippen LogP contribution in [0.1, 0.15) is 35.1 Å². The zero-order valence-corrected chi connectivity index (χ0v) is 16.9. The molecular formula is C23H30N2O3. The Kier molecular flexibility index (Phi) is 6.06. The number of para-hydroxylation sites is 1. The van der Waals surface area contributed by atoms with Crippen LogP contribution in [-0.2, 0) is 11.3 Å². The number of likely N-dealkylation sites (tertiary alicyclic amines) is 1. The molecule has 0 aromatic heterocycles. The largest absolute Gasteiger partial charge is 0.483 e. The highest BCUT2D eigenvalue weighted by Gasteiger charge is 2.36. The van der Waals surface area contributed by atoms with E-state index in [9.17, 15) is 5.11 Å². The van der Waals surface area contributed by atoms with Gasteiger partial charge in [0.1, 0.15) is 0 Å². The number of β-amino-alcohol motifs (C(OH)–C–C–N with tert-alkyl or cyclic N) is 1. The van der Waals surface area contributed by atoms with Crippen molar-refractivity contribution in [2.75, 3.05) is 31.1 Å². The van der Waals surface area contributed by atoms with Crippen LogP contribution in [0.2, 0.25) is 0 Å². The molecule has 0 amide bonds. The summed E-state index contributed by atoms with van der Waals surface area (Å²) in [5.41, 5.74) is 6.52. The van der Waals surface area contributed by atoms with E-state index >= 15 is 0 Å². The van der Waals surface area contributed by atoms with E-state index in [1.54, 1.807) is 0 Å². The predicted molar refractivity (Wildman–Crippen MR) is 112 cm³/mol. The van der Waals surface area contributed by atoms with Gasteiger partial charge in [0.05, 0.1) is 5.60 Å². The first-order valence-electron chi connectivity index (χ1n) is 9.75. The van der Waals surface area contributed by atoms with Crippen molar-refractivity contribution in [2.45, 2.75) is 38.8 Å². The number of aryl methyl sites for hydroxylation is 2. The van der Waals surface area contributed by atoms with Gasteiger partial charge in [-0.1, -0.05) is 30.3 Å². The van der Waals surface area contributed by atoms with Gasteiger partial charge >= 0.3 is 0 Å². The number of carboxylic acid groups (broad SMARTS) is 1. The summed E-state index contributed by atoms with van der Waals surface area (Å²) in [5.74, 6) is 0.636. The zero-order chi connectivity index (χ0) is 20.3. The van der Waals surface area contributed by atoms with Crippen LogP contribution in [0.3, 0.4) is 0 Å². The van der Waals surface area contributed by atoms with E-state index in [2.05, 4.69) is 66.1 Å². The highest BCUT2D eigenvalue weighted by molar-refractivity contribution is 5.51. The monoisotopic (exact) mass is 382 g/mol. The molecule has 2 fully saturated rings. The molecule has 2 aliphatic rings. The van der Waals surface area contributed by atoms with Gasteiger partial charge < -0.3 is 15.1 Å². The third-order valence-electron chi connectivity index (χ3n) is 5.70. The minimum Gasteiger partial charge on any atom is -0.483 e. The third kappa shape index (κ3) is 4.54. The van der Waals surface area contributed by atoms with Crippen LogP contribution in [0.15, 0.2) is 42.5 Å². The van der Waals surface area contributed by atoms with Gasteiger partial charge in [0.25, 0.3) is 6.47 Å². The number of carbonyl (C=O) groups is 1. The van der Waals surface area contributed by atoms with Crippen molar-refractivity contribution in [3.63, 3.8) is 0 Å². The summed E-state index contributed by atoms with van der Waals surface area (Å²) in [6, 6.07) is 15.4. The molecule has 2 aliphatic heterocycles. The number of benzene rings is 2. The van der Waals surface area contributed by atoms with Crippen molar-refractivity contribution >= 4 is 12.2 Å². The number of nitrogens with zero attached hydrogens (tertiary/aromatic N) is 2. The average molecular weight is 383 g/mol. The number of aliphatic hydroxyl groups is 1. The van der Waals surface area contributed by atoms with E-state index in [1.807, 2.05) is 6.92 Å². The van der Waals surface area contributed by atoms with Crippen molar-refractivity contribution in [3.05, 3.63) is 64.7 Å². The zero-order valence-electron chi connectivity index (χ0n) is 16.9. The first kappa shape index (κ1) is 20.4. The fourth-order valence-corrected chi connectivity index (χ4v) is 4.30. The minimum atomic E-state index is -0.491. The van der Waals surface area contributed by atoms with Crippen molar-refractivity contribution in [1.82, 2.24) is 4.90 Å². The van der Waals surface area contributed by atoms with Crippen LogP contribution >= 0.6 is 0 Å². The van der Waals surface area contributed by atoms with E-state index in [1.165, 1.54) is 27.9 Å². The van der Waals surface area contributed by atoms with Gasteiger partial charge in [-0.05, 0) is 55.2 Å². The normalized spacial score (nSPS) is 18.5. The number of rotatable bonds is 4. The fourth-order valence-electron chi connectivity index (χ4n) is 4.30. The lowest BCUT2D eigenvalue weighted by Gasteiger charge is -2.45. The molecule has 150 valence electrons. The predicted octanol–water partition coefficient (Wildman–Crippen LogP) is 3.17. The Morgan fingerprint density at radius 2 is 1.64 bits per heavy atom. The van der Waals surface area contributed by atoms with Gasteiger partial charge in [0.15, 0.2) is 0 Å². The molecule has 0 radical (unpaired) electrons. The van der Waals surface area contributed by atoms with E-state index in [0.29, 0.717) is 5.92 Å². The minimum absolute atomic E-state index is 0.250. The second-order valence-corrected chi connectivity index (χ2v) is 8.32. The molecule has 2 saturated heterocycles. The van der Waals surface area contributed by atoms with Crippen LogP contribution in [-0.4, -0.2) is 53.4 Å². The lowest BCUT2D eigenvalue weighted by atomic mass is 9.86. The van der Waals surface area contributed by atoms with E-state index < -0.39 is 5.60 Å². The van der Waals surface area contributed by atoms with Gasteiger partial charge in [-0.25, -0.2) is 0 Å². The summed E-state index contributed by atoms with van der Waals surface area (Å²) < 4.78 is 0. The Morgan fingerprint density at radius 1 is 1.11 bits per heavy atom. The van der Waals surface area contributed by atoms with Crippen LogP contribution in [0.5, 0.6) is 0 Å². The summed E-state index contributed by atoms with van der Waals surface area (Å²) in [4.78, 5) is 13.1. The van der Waals surface area contributed by atoms with Gasteiger partial charge in [-0.3, -0.25) is 9.69 Å². The van der Waals surface area contributed by atoms with E-state index in [0.717, 1.165) is 32.7 Å². The van der Waals surface area contributed by atoms with Crippen LogP contribution in [0.25, 0.3) is 0 Å². The fraction of sp³-hybridized carbons (Fsp3) is 0.435.